The van der Waals surface area contributed by atoms with Crippen LogP contribution in [0.15, 0.2) is 69.1 Å². The van der Waals surface area contributed by atoms with Gasteiger partial charge in [-0.1, -0.05) is 24.3 Å². The molecule has 5 rings (SSSR count). The van der Waals surface area contributed by atoms with Crippen molar-refractivity contribution in [1.29, 1.82) is 0 Å². The van der Waals surface area contributed by atoms with Gasteiger partial charge in [0, 0.05) is 27.2 Å². The summed E-state index contributed by atoms with van der Waals surface area (Å²) in [6, 6.07) is 14.7. The third kappa shape index (κ3) is 2.22. The summed E-state index contributed by atoms with van der Waals surface area (Å²) in [6.07, 6.45) is 0. The Balaban J connectivity index is 2.19. The largest absolute Gasteiger partial charge is 0.354 e. The maximum atomic E-state index is 13.1. The summed E-state index contributed by atoms with van der Waals surface area (Å²) in [4.78, 5) is 31.3. The highest BCUT2D eigenvalue weighted by Crippen LogP contribution is 2.29. The molecule has 0 bridgehead atoms. The van der Waals surface area contributed by atoms with Crippen molar-refractivity contribution in [2.45, 2.75) is 4.90 Å². The molecule has 2 aromatic heterocycles. The molecule has 28 heavy (non-hydrogen) atoms. The molecule has 0 fully saturated rings. The molecule has 0 atom stereocenters. The van der Waals surface area contributed by atoms with Gasteiger partial charge in [-0.2, -0.15) is 8.42 Å². The number of nitrogens with one attached hydrogen (secondary N) is 2. The van der Waals surface area contributed by atoms with Gasteiger partial charge in [-0.3, -0.25) is 14.1 Å². The zero-order valence-electron chi connectivity index (χ0n) is 14.2. The molecule has 138 valence electrons. The molecule has 8 heteroatoms. The van der Waals surface area contributed by atoms with E-state index in [2.05, 4.69) is 9.97 Å². The monoisotopic (exact) mass is 392 g/mol. The number of hydrogen-bond donors (Lipinski definition) is 3. The maximum absolute atomic E-state index is 13.1. The Hall–Kier alpha value is -3.49. The molecule has 0 spiro atoms. The lowest BCUT2D eigenvalue weighted by molar-refractivity contribution is 0.485. The van der Waals surface area contributed by atoms with E-state index >= 15 is 0 Å². The highest BCUT2D eigenvalue weighted by atomic mass is 32.2. The van der Waals surface area contributed by atoms with Gasteiger partial charge < -0.3 is 9.97 Å². The first-order valence-corrected chi connectivity index (χ1v) is 9.80. The normalized spacial score (nSPS) is 12.3. The Morgan fingerprint density at radius 1 is 0.714 bits per heavy atom. The van der Waals surface area contributed by atoms with Crippen LogP contribution in [0.3, 0.4) is 0 Å². The molecule has 7 nitrogen and oxygen atoms in total. The number of benzene rings is 3. The maximum Gasteiger partial charge on any atom is 0.297 e. The van der Waals surface area contributed by atoms with Crippen molar-refractivity contribution in [3.8, 4) is 0 Å². The predicted molar refractivity (Wildman–Crippen MR) is 108 cm³/mol. The fraction of sp³-hybridized carbons (Fsp3) is 0. The Bertz CT molecular complexity index is 1680. The molecule has 0 aliphatic carbocycles. The van der Waals surface area contributed by atoms with Crippen LogP contribution < -0.4 is 10.9 Å². The quantitative estimate of drug-likeness (QED) is 0.299. The second-order valence-corrected chi connectivity index (χ2v) is 7.88. The Morgan fingerprint density at radius 3 is 1.93 bits per heavy atom. The molecule has 0 aliphatic heterocycles. The van der Waals surface area contributed by atoms with E-state index < -0.39 is 25.9 Å². The summed E-state index contributed by atoms with van der Waals surface area (Å²) in [5.41, 5.74) is 0.0152. The van der Waals surface area contributed by atoms with Crippen molar-refractivity contribution in [2.24, 2.45) is 0 Å². The summed E-state index contributed by atoms with van der Waals surface area (Å²) in [6.45, 7) is 0. The van der Waals surface area contributed by atoms with Crippen LogP contribution in [-0.2, 0) is 10.1 Å². The minimum absolute atomic E-state index is 0.0600. The van der Waals surface area contributed by atoms with E-state index in [1.165, 1.54) is 6.07 Å². The van der Waals surface area contributed by atoms with Gasteiger partial charge >= 0.3 is 0 Å². The van der Waals surface area contributed by atoms with Crippen LogP contribution >= 0.6 is 0 Å². The van der Waals surface area contributed by atoms with E-state index in [1.54, 1.807) is 48.5 Å². The molecule has 5 aromatic rings. The first-order chi connectivity index (χ1) is 13.4. The molecule has 2 heterocycles. The summed E-state index contributed by atoms with van der Waals surface area (Å²) >= 11 is 0. The number of hydrogen-bond acceptors (Lipinski definition) is 4. The third-order valence-electron chi connectivity index (χ3n) is 4.88. The third-order valence-corrected chi connectivity index (χ3v) is 5.81. The number of pyridine rings is 2. The van der Waals surface area contributed by atoms with E-state index in [0.29, 0.717) is 16.4 Å². The van der Waals surface area contributed by atoms with Crippen LogP contribution in [0.2, 0.25) is 0 Å². The molecular weight excluding hydrogens is 380 g/mol. The molecule has 3 N–H and O–H groups in total. The molecule has 0 radical (unpaired) electrons. The smallest absolute Gasteiger partial charge is 0.297 e. The van der Waals surface area contributed by atoms with Gasteiger partial charge in [0.15, 0.2) is 10.9 Å². The van der Waals surface area contributed by atoms with E-state index in [1.807, 2.05) is 0 Å². The summed E-state index contributed by atoms with van der Waals surface area (Å²) in [5.74, 6) is 0. The van der Waals surface area contributed by atoms with Crippen LogP contribution in [-0.4, -0.2) is 22.9 Å². The van der Waals surface area contributed by atoms with Crippen LogP contribution in [0, 0.1) is 0 Å². The summed E-state index contributed by atoms with van der Waals surface area (Å²) in [5, 5.41) is 0.519. The lowest BCUT2D eigenvalue weighted by Crippen LogP contribution is -2.14. The van der Waals surface area contributed by atoms with Crippen molar-refractivity contribution < 1.29 is 13.0 Å². The number of aromatic nitrogens is 2. The van der Waals surface area contributed by atoms with Crippen molar-refractivity contribution in [1.82, 2.24) is 9.97 Å². The van der Waals surface area contributed by atoms with Crippen LogP contribution in [0.4, 0.5) is 0 Å². The second-order valence-electron chi connectivity index (χ2n) is 6.53. The number of aromatic amines is 2. The van der Waals surface area contributed by atoms with Gasteiger partial charge in [-0.25, -0.2) is 0 Å². The molecular formula is C20H12N2O5S. The van der Waals surface area contributed by atoms with Crippen molar-refractivity contribution in [2.75, 3.05) is 0 Å². The lowest BCUT2D eigenvalue weighted by Gasteiger charge is -2.11. The number of fused-ring (bicyclic) bond motifs is 4. The van der Waals surface area contributed by atoms with Crippen LogP contribution in [0.5, 0.6) is 0 Å². The Labute approximate surface area is 157 Å². The van der Waals surface area contributed by atoms with E-state index in [-0.39, 0.29) is 27.2 Å². The lowest BCUT2D eigenvalue weighted by atomic mass is 10.1. The zero-order chi connectivity index (χ0) is 19.6. The van der Waals surface area contributed by atoms with Gasteiger partial charge in [-0.15, -0.1) is 0 Å². The second kappa shape index (κ2) is 5.51. The van der Waals surface area contributed by atoms with Crippen molar-refractivity contribution in [3.05, 3.63) is 75.0 Å². The predicted octanol–water partition coefficient (Wildman–Crippen LogP) is 2.92. The molecule has 3 aromatic carbocycles. The first kappa shape index (κ1) is 16.7. The minimum atomic E-state index is -4.82. The SMILES string of the molecule is O=c1c2ccccc2[nH]c2c(S(=O)(=O)O)c3c(=O)c4ccccc4[nH]c3cc12. The molecule has 0 unspecified atom stereocenters. The minimum Gasteiger partial charge on any atom is -0.354 e. The highest BCUT2D eigenvalue weighted by molar-refractivity contribution is 7.86. The first-order valence-electron chi connectivity index (χ1n) is 8.36. The highest BCUT2D eigenvalue weighted by Gasteiger charge is 2.24. The van der Waals surface area contributed by atoms with Gasteiger partial charge in [0.05, 0.1) is 16.4 Å². The van der Waals surface area contributed by atoms with E-state index in [4.69, 9.17) is 0 Å². The molecule has 0 saturated carbocycles. The van der Waals surface area contributed by atoms with E-state index in [9.17, 15) is 22.6 Å². The summed E-state index contributed by atoms with van der Waals surface area (Å²) in [7, 11) is -4.82. The topological polar surface area (TPSA) is 120 Å². The Morgan fingerprint density at radius 2 is 1.29 bits per heavy atom. The molecule has 0 saturated heterocycles. The number of H-pyrrole nitrogens is 2. The fourth-order valence-electron chi connectivity index (χ4n) is 3.68. The standard InChI is InChI=1S/C20H12N2O5S/c23-18-10-5-1-4-8-14(10)22-17-12(18)9-15-16(20(17)28(25,26)27)19(24)11-6-2-3-7-13(11)21-15/h1-9H,(H,21,24)(H,22,23)(H,25,26,27). The van der Waals surface area contributed by atoms with Crippen LogP contribution in [0.1, 0.15) is 0 Å². The number of rotatable bonds is 1. The average Bonchev–Trinajstić information content (AvgIpc) is 2.66. The van der Waals surface area contributed by atoms with Crippen molar-refractivity contribution >= 4 is 53.7 Å². The molecule has 0 aliphatic rings. The zero-order valence-corrected chi connectivity index (χ0v) is 15.0. The van der Waals surface area contributed by atoms with Gasteiger partial charge in [0.1, 0.15) is 4.90 Å². The number of para-hydroxylation sites is 2. The van der Waals surface area contributed by atoms with Gasteiger partial charge in [-0.05, 0) is 30.3 Å². The average molecular weight is 392 g/mol. The van der Waals surface area contributed by atoms with E-state index in [0.717, 1.165) is 0 Å². The fourth-order valence-corrected chi connectivity index (χ4v) is 4.56. The van der Waals surface area contributed by atoms with Gasteiger partial charge in [0.25, 0.3) is 10.1 Å². The van der Waals surface area contributed by atoms with Gasteiger partial charge in [0.2, 0.25) is 0 Å². The Kier molecular flexibility index (Phi) is 3.28. The van der Waals surface area contributed by atoms with Crippen LogP contribution in [0.25, 0.3) is 43.6 Å². The molecule has 0 amide bonds. The summed E-state index contributed by atoms with van der Waals surface area (Å²) < 4.78 is 34.5. The van der Waals surface area contributed by atoms with Crippen molar-refractivity contribution in [3.63, 3.8) is 0 Å².